The second-order valence-corrected chi connectivity index (χ2v) is 8.95. The fourth-order valence-corrected chi connectivity index (χ4v) is 4.58. The summed E-state index contributed by atoms with van der Waals surface area (Å²) in [6.45, 7) is 4.60. The number of aromatic nitrogens is 4. The van der Waals surface area contributed by atoms with Gasteiger partial charge in [-0.2, -0.15) is 0 Å². The zero-order valence-electron chi connectivity index (χ0n) is 20.0. The number of piperazine rings is 1. The molecule has 0 aliphatic carbocycles. The highest BCUT2D eigenvalue weighted by atomic mass is 16.5. The molecule has 1 aliphatic heterocycles. The van der Waals surface area contributed by atoms with Crippen LogP contribution in [0.1, 0.15) is 5.56 Å². The molecule has 1 fully saturated rings. The molecule has 5 aromatic rings. The standard InChI is InChI=1S/C28H26N6O2/c1-20-11-13-21(14-12-20)26-30-31-27-23-9-5-6-10-24(23)29-28(34(26)27)33-17-15-32(16-18-33)25(35)19-36-22-7-3-2-4-8-22/h2-14H,15-19H2,1H3. The molecule has 0 unspecified atom stereocenters. The lowest BCUT2D eigenvalue weighted by atomic mass is 10.1. The normalized spacial score (nSPS) is 13.9. The first-order valence-corrected chi connectivity index (χ1v) is 12.1. The zero-order valence-corrected chi connectivity index (χ0v) is 20.0. The Kier molecular flexibility index (Phi) is 5.69. The number of ether oxygens (including phenoxy) is 1. The zero-order chi connectivity index (χ0) is 24.5. The molecule has 6 rings (SSSR count). The topological polar surface area (TPSA) is 75.9 Å². The minimum atomic E-state index is -0.0141. The van der Waals surface area contributed by atoms with E-state index < -0.39 is 0 Å². The van der Waals surface area contributed by atoms with Gasteiger partial charge in [0.05, 0.1) is 5.52 Å². The SMILES string of the molecule is Cc1ccc(-c2nnc3c4ccccc4nc(N4CCN(C(=O)COc5ccccc5)CC4)n23)cc1. The van der Waals surface area contributed by atoms with Gasteiger partial charge in [0.1, 0.15) is 5.75 Å². The maximum Gasteiger partial charge on any atom is 0.260 e. The van der Waals surface area contributed by atoms with Crippen LogP contribution in [0, 0.1) is 6.92 Å². The van der Waals surface area contributed by atoms with E-state index in [9.17, 15) is 4.79 Å². The Morgan fingerprint density at radius 3 is 2.36 bits per heavy atom. The number of anilines is 1. The maximum absolute atomic E-state index is 12.8. The van der Waals surface area contributed by atoms with E-state index in [2.05, 4.69) is 46.3 Å². The fraction of sp³-hybridized carbons (Fsp3) is 0.214. The molecule has 0 atom stereocenters. The molecule has 0 saturated carbocycles. The van der Waals surface area contributed by atoms with E-state index >= 15 is 0 Å². The van der Waals surface area contributed by atoms with Gasteiger partial charge in [0.2, 0.25) is 5.95 Å². The highest BCUT2D eigenvalue weighted by Gasteiger charge is 2.26. The van der Waals surface area contributed by atoms with Crippen molar-refractivity contribution in [2.75, 3.05) is 37.7 Å². The number of nitrogens with zero attached hydrogens (tertiary/aromatic N) is 6. The Bertz CT molecular complexity index is 1520. The molecule has 8 heteroatoms. The average Bonchev–Trinajstić information content (AvgIpc) is 3.38. The number of benzene rings is 3. The summed E-state index contributed by atoms with van der Waals surface area (Å²) in [6, 6.07) is 25.7. The van der Waals surface area contributed by atoms with E-state index in [4.69, 9.17) is 9.72 Å². The smallest absolute Gasteiger partial charge is 0.260 e. The van der Waals surface area contributed by atoms with Crippen LogP contribution in [-0.4, -0.2) is 63.2 Å². The lowest BCUT2D eigenvalue weighted by molar-refractivity contribution is -0.133. The van der Waals surface area contributed by atoms with Crippen LogP contribution in [0.2, 0.25) is 0 Å². The van der Waals surface area contributed by atoms with Gasteiger partial charge >= 0.3 is 0 Å². The van der Waals surface area contributed by atoms with E-state index in [1.165, 1.54) is 5.56 Å². The molecule has 0 spiro atoms. The van der Waals surface area contributed by atoms with Crippen molar-refractivity contribution in [3.8, 4) is 17.1 Å². The molecule has 36 heavy (non-hydrogen) atoms. The van der Waals surface area contributed by atoms with E-state index in [0.717, 1.165) is 33.9 Å². The Morgan fingerprint density at radius 2 is 1.58 bits per heavy atom. The summed E-state index contributed by atoms with van der Waals surface area (Å²) >= 11 is 0. The van der Waals surface area contributed by atoms with Gasteiger partial charge in [-0.05, 0) is 31.2 Å². The largest absolute Gasteiger partial charge is 0.484 e. The third-order valence-corrected chi connectivity index (χ3v) is 6.56. The molecule has 1 amide bonds. The van der Waals surface area contributed by atoms with Crippen LogP contribution in [-0.2, 0) is 4.79 Å². The van der Waals surface area contributed by atoms with Gasteiger partial charge in [-0.15, -0.1) is 10.2 Å². The number of hydrogen-bond acceptors (Lipinski definition) is 6. The van der Waals surface area contributed by atoms with Crippen molar-refractivity contribution < 1.29 is 9.53 Å². The molecule has 180 valence electrons. The van der Waals surface area contributed by atoms with Crippen LogP contribution in [0.15, 0.2) is 78.9 Å². The van der Waals surface area contributed by atoms with E-state index in [1.54, 1.807) is 0 Å². The fourth-order valence-electron chi connectivity index (χ4n) is 4.58. The third kappa shape index (κ3) is 4.11. The number of amides is 1. The van der Waals surface area contributed by atoms with E-state index in [1.807, 2.05) is 63.9 Å². The van der Waals surface area contributed by atoms with Crippen LogP contribution >= 0.6 is 0 Å². The van der Waals surface area contributed by atoms with Crippen LogP contribution < -0.4 is 9.64 Å². The lowest BCUT2D eigenvalue weighted by Gasteiger charge is -2.35. The first kappa shape index (κ1) is 22.0. The molecular weight excluding hydrogens is 452 g/mol. The summed E-state index contributed by atoms with van der Waals surface area (Å²) in [5.74, 6) is 2.23. The van der Waals surface area contributed by atoms with E-state index in [-0.39, 0.29) is 12.5 Å². The molecule has 2 aromatic heterocycles. The highest BCUT2D eigenvalue weighted by molar-refractivity contribution is 5.93. The summed E-state index contributed by atoms with van der Waals surface area (Å²) in [5.41, 5.74) is 3.82. The summed E-state index contributed by atoms with van der Waals surface area (Å²) in [4.78, 5) is 21.9. The molecule has 3 heterocycles. The minimum Gasteiger partial charge on any atom is -0.484 e. The molecule has 1 aliphatic rings. The molecule has 0 radical (unpaired) electrons. The van der Waals surface area contributed by atoms with Crippen molar-refractivity contribution in [1.29, 1.82) is 0 Å². The number of para-hydroxylation sites is 2. The molecular formula is C28H26N6O2. The van der Waals surface area contributed by atoms with Gasteiger partial charge < -0.3 is 14.5 Å². The number of carbonyl (C=O) groups excluding carboxylic acids is 1. The van der Waals surface area contributed by atoms with Gasteiger partial charge in [-0.1, -0.05) is 60.2 Å². The molecule has 1 saturated heterocycles. The number of aryl methyl sites for hydroxylation is 1. The first-order valence-electron chi connectivity index (χ1n) is 12.1. The Morgan fingerprint density at radius 1 is 0.861 bits per heavy atom. The quantitative estimate of drug-likeness (QED) is 0.380. The van der Waals surface area contributed by atoms with Crippen LogP contribution in [0.3, 0.4) is 0 Å². The van der Waals surface area contributed by atoms with Gasteiger partial charge in [0.15, 0.2) is 18.1 Å². The number of hydrogen-bond donors (Lipinski definition) is 0. The second kappa shape index (κ2) is 9.30. The summed E-state index contributed by atoms with van der Waals surface area (Å²) in [6.07, 6.45) is 0. The predicted octanol–water partition coefficient (Wildman–Crippen LogP) is 3.98. The first-order chi connectivity index (χ1) is 17.7. The van der Waals surface area contributed by atoms with Crippen LogP contribution in [0.4, 0.5) is 5.95 Å². The second-order valence-electron chi connectivity index (χ2n) is 8.95. The van der Waals surface area contributed by atoms with Gasteiger partial charge in [0.25, 0.3) is 5.91 Å². The third-order valence-electron chi connectivity index (χ3n) is 6.56. The summed E-state index contributed by atoms with van der Waals surface area (Å²) in [7, 11) is 0. The van der Waals surface area contributed by atoms with Crippen molar-refractivity contribution >= 4 is 28.4 Å². The highest BCUT2D eigenvalue weighted by Crippen LogP contribution is 2.29. The van der Waals surface area contributed by atoms with Gasteiger partial charge in [0, 0.05) is 37.1 Å². The molecule has 3 aromatic carbocycles. The van der Waals surface area contributed by atoms with Crippen molar-refractivity contribution in [2.45, 2.75) is 6.92 Å². The van der Waals surface area contributed by atoms with E-state index in [0.29, 0.717) is 31.9 Å². The monoisotopic (exact) mass is 478 g/mol. The number of fused-ring (bicyclic) bond motifs is 3. The van der Waals surface area contributed by atoms with Gasteiger partial charge in [-0.25, -0.2) is 9.38 Å². The average molecular weight is 479 g/mol. The Labute approximate surface area is 208 Å². The summed E-state index contributed by atoms with van der Waals surface area (Å²) < 4.78 is 7.71. The van der Waals surface area contributed by atoms with Crippen molar-refractivity contribution in [2.24, 2.45) is 0 Å². The lowest BCUT2D eigenvalue weighted by Crippen LogP contribution is -2.50. The number of rotatable bonds is 5. The Hall–Kier alpha value is -4.46. The summed E-state index contributed by atoms with van der Waals surface area (Å²) in [5, 5.41) is 10.1. The van der Waals surface area contributed by atoms with Crippen molar-refractivity contribution in [1.82, 2.24) is 24.5 Å². The molecule has 8 nitrogen and oxygen atoms in total. The van der Waals surface area contributed by atoms with Crippen LogP contribution in [0.25, 0.3) is 27.9 Å². The molecule has 0 N–H and O–H groups in total. The van der Waals surface area contributed by atoms with Crippen LogP contribution in [0.5, 0.6) is 5.75 Å². The van der Waals surface area contributed by atoms with Crippen molar-refractivity contribution in [3.63, 3.8) is 0 Å². The maximum atomic E-state index is 12.8. The Balaban J connectivity index is 1.28. The van der Waals surface area contributed by atoms with Gasteiger partial charge in [-0.3, -0.25) is 4.79 Å². The van der Waals surface area contributed by atoms with Crippen molar-refractivity contribution in [3.05, 3.63) is 84.4 Å². The minimum absolute atomic E-state index is 0.0141. The number of carbonyl (C=O) groups is 1. The molecule has 0 bridgehead atoms. The predicted molar refractivity (Wildman–Crippen MR) is 139 cm³/mol.